The Bertz CT molecular complexity index is 851. The minimum absolute atomic E-state index is 0. The van der Waals surface area contributed by atoms with Crippen LogP contribution in [0.25, 0.3) is 0 Å². The summed E-state index contributed by atoms with van der Waals surface area (Å²) in [5.74, 6) is -2.12. The van der Waals surface area contributed by atoms with Crippen LogP contribution < -0.4 is 10.7 Å². The molecule has 1 unspecified atom stereocenters. The first-order valence-electron chi connectivity index (χ1n) is 7.91. The molecule has 1 saturated heterocycles. The molecule has 0 bridgehead atoms. The van der Waals surface area contributed by atoms with Gasteiger partial charge in [0.15, 0.2) is 0 Å². The highest BCUT2D eigenvalue weighted by Crippen LogP contribution is 2.39. The number of rotatable bonds is 6. The second kappa shape index (κ2) is 8.99. The number of nitrogens with zero attached hydrogens (tertiary/aromatic N) is 2. The summed E-state index contributed by atoms with van der Waals surface area (Å²) >= 11 is 2.78. The maximum absolute atomic E-state index is 12.5. The maximum Gasteiger partial charge on any atom is 0.353 e. The SMILES string of the molecule is CC(=O)N/N=C/C1=C(C(=O)O)N2C(=O)C(NC(=O)Cc3cccs3)[C@H]2SC1.O. The van der Waals surface area contributed by atoms with Crippen LogP contribution in [0.1, 0.15) is 11.8 Å². The van der Waals surface area contributed by atoms with E-state index in [1.54, 1.807) is 0 Å². The van der Waals surface area contributed by atoms with Crippen LogP contribution in [0.2, 0.25) is 0 Å². The van der Waals surface area contributed by atoms with Gasteiger partial charge in [-0.25, -0.2) is 10.2 Å². The molecular formula is C16H18N4O6S2. The van der Waals surface area contributed by atoms with Gasteiger partial charge in [-0.3, -0.25) is 19.3 Å². The fourth-order valence-electron chi connectivity index (χ4n) is 2.74. The Morgan fingerprint density at radius 3 is 2.79 bits per heavy atom. The van der Waals surface area contributed by atoms with Crippen molar-refractivity contribution in [2.45, 2.75) is 24.8 Å². The Morgan fingerprint density at radius 2 is 2.18 bits per heavy atom. The van der Waals surface area contributed by atoms with Crippen molar-refractivity contribution in [3.05, 3.63) is 33.7 Å². The minimum atomic E-state index is -1.26. The van der Waals surface area contributed by atoms with Gasteiger partial charge in [-0.05, 0) is 11.4 Å². The largest absolute Gasteiger partial charge is 0.477 e. The number of aliphatic carboxylic acids is 1. The molecule has 0 aromatic carbocycles. The third-order valence-corrected chi connectivity index (χ3v) is 6.05. The van der Waals surface area contributed by atoms with Crippen molar-refractivity contribution in [1.82, 2.24) is 15.6 Å². The molecule has 0 radical (unpaired) electrons. The number of carboxylic acids is 1. The third-order valence-electron chi connectivity index (χ3n) is 3.87. The molecule has 3 rings (SSSR count). The quantitative estimate of drug-likeness (QED) is 0.311. The average Bonchev–Trinajstić information content (AvgIpc) is 3.11. The number of β-lactam (4-membered cyclic amide) rings is 1. The number of carbonyl (C=O) groups is 4. The highest BCUT2D eigenvalue weighted by atomic mass is 32.2. The average molecular weight is 426 g/mol. The minimum Gasteiger partial charge on any atom is -0.477 e. The van der Waals surface area contributed by atoms with Gasteiger partial charge < -0.3 is 15.9 Å². The predicted octanol–water partition coefficient (Wildman–Crippen LogP) is -0.674. The van der Waals surface area contributed by atoms with Gasteiger partial charge in [0.2, 0.25) is 11.8 Å². The Hall–Kier alpha value is -2.70. The highest BCUT2D eigenvalue weighted by Gasteiger charge is 2.54. The van der Waals surface area contributed by atoms with E-state index in [1.165, 1.54) is 36.2 Å². The van der Waals surface area contributed by atoms with E-state index in [0.29, 0.717) is 5.57 Å². The van der Waals surface area contributed by atoms with Gasteiger partial charge >= 0.3 is 5.97 Å². The molecule has 0 saturated carbocycles. The summed E-state index contributed by atoms with van der Waals surface area (Å²) in [6, 6.07) is 2.92. The van der Waals surface area contributed by atoms with E-state index in [0.717, 1.165) is 9.78 Å². The number of hydrogen-bond donors (Lipinski definition) is 3. The van der Waals surface area contributed by atoms with Crippen molar-refractivity contribution in [3.63, 3.8) is 0 Å². The number of hydrogen-bond acceptors (Lipinski definition) is 7. The van der Waals surface area contributed by atoms with Gasteiger partial charge in [-0.15, -0.1) is 23.1 Å². The number of thiophene rings is 1. The topological polar surface area (TPSA) is 160 Å². The molecule has 3 amide bonds. The van der Waals surface area contributed by atoms with Crippen LogP contribution in [-0.4, -0.2) is 62.6 Å². The summed E-state index contributed by atoms with van der Waals surface area (Å²) < 4.78 is 0. The van der Waals surface area contributed by atoms with Crippen molar-refractivity contribution in [3.8, 4) is 0 Å². The van der Waals surface area contributed by atoms with E-state index < -0.39 is 29.2 Å². The zero-order valence-electron chi connectivity index (χ0n) is 14.7. The molecule has 28 heavy (non-hydrogen) atoms. The van der Waals surface area contributed by atoms with Crippen molar-refractivity contribution < 1.29 is 29.8 Å². The number of carboxylic acid groups (broad SMARTS) is 1. The number of thioether (sulfide) groups is 1. The predicted molar refractivity (Wildman–Crippen MR) is 104 cm³/mol. The fourth-order valence-corrected chi connectivity index (χ4v) is 4.74. The monoisotopic (exact) mass is 426 g/mol. The van der Waals surface area contributed by atoms with Gasteiger partial charge in [0, 0.05) is 23.1 Å². The Morgan fingerprint density at radius 1 is 1.43 bits per heavy atom. The van der Waals surface area contributed by atoms with Gasteiger partial charge in [0.1, 0.15) is 17.1 Å². The lowest BCUT2D eigenvalue weighted by Gasteiger charge is -2.49. The van der Waals surface area contributed by atoms with Crippen LogP contribution in [-0.2, 0) is 25.6 Å². The molecule has 3 heterocycles. The van der Waals surface area contributed by atoms with Crippen LogP contribution in [0.3, 0.4) is 0 Å². The van der Waals surface area contributed by atoms with E-state index >= 15 is 0 Å². The van der Waals surface area contributed by atoms with Crippen LogP contribution in [0.4, 0.5) is 0 Å². The smallest absolute Gasteiger partial charge is 0.353 e. The lowest BCUT2D eigenvalue weighted by Crippen LogP contribution is -2.70. The molecule has 2 atom stereocenters. The number of fused-ring (bicyclic) bond motifs is 1. The van der Waals surface area contributed by atoms with Gasteiger partial charge in [0.05, 0.1) is 12.6 Å². The molecule has 0 aliphatic carbocycles. The summed E-state index contributed by atoms with van der Waals surface area (Å²) in [6.07, 6.45) is 1.40. The first-order chi connectivity index (χ1) is 12.9. The lowest BCUT2D eigenvalue weighted by molar-refractivity contribution is -0.150. The van der Waals surface area contributed by atoms with E-state index in [4.69, 9.17) is 0 Å². The summed E-state index contributed by atoms with van der Waals surface area (Å²) in [6.45, 7) is 1.28. The van der Waals surface area contributed by atoms with Crippen molar-refractivity contribution >= 4 is 53.0 Å². The Labute approximate surface area is 168 Å². The van der Waals surface area contributed by atoms with Crippen molar-refractivity contribution in [2.24, 2.45) is 5.10 Å². The van der Waals surface area contributed by atoms with E-state index in [-0.39, 0.29) is 29.3 Å². The number of hydrazone groups is 1. The summed E-state index contributed by atoms with van der Waals surface area (Å²) in [5.41, 5.74) is 2.33. The van der Waals surface area contributed by atoms with Gasteiger partial charge in [-0.2, -0.15) is 5.10 Å². The van der Waals surface area contributed by atoms with Crippen molar-refractivity contribution in [2.75, 3.05) is 5.75 Å². The second-order valence-electron chi connectivity index (χ2n) is 5.82. The molecule has 1 fully saturated rings. The molecule has 1 aromatic heterocycles. The molecule has 150 valence electrons. The van der Waals surface area contributed by atoms with E-state index in [9.17, 15) is 24.3 Å². The molecule has 5 N–H and O–H groups in total. The van der Waals surface area contributed by atoms with Gasteiger partial charge in [-0.1, -0.05) is 6.07 Å². The van der Waals surface area contributed by atoms with Gasteiger partial charge in [0.25, 0.3) is 5.91 Å². The second-order valence-corrected chi connectivity index (χ2v) is 7.95. The van der Waals surface area contributed by atoms with Crippen LogP contribution in [0.5, 0.6) is 0 Å². The first kappa shape index (κ1) is 21.6. The number of amides is 3. The zero-order valence-corrected chi connectivity index (χ0v) is 16.3. The maximum atomic E-state index is 12.5. The molecule has 0 spiro atoms. The Kier molecular flexibility index (Phi) is 6.94. The van der Waals surface area contributed by atoms with E-state index in [2.05, 4.69) is 15.8 Å². The van der Waals surface area contributed by atoms with Crippen LogP contribution in [0.15, 0.2) is 33.9 Å². The zero-order chi connectivity index (χ0) is 19.6. The molecule has 10 nitrogen and oxygen atoms in total. The number of nitrogens with one attached hydrogen (secondary N) is 2. The summed E-state index contributed by atoms with van der Waals surface area (Å²) in [5, 5.41) is 17.3. The molecule has 2 aliphatic rings. The fraction of sp³-hybridized carbons (Fsp3) is 0.312. The van der Waals surface area contributed by atoms with Crippen LogP contribution >= 0.6 is 23.1 Å². The van der Waals surface area contributed by atoms with Crippen LogP contribution in [0, 0.1) is 0 Å². The normalized spacial score (nSPS) is 20.9. The first-order valence-corrected chi connectivity index (χ1v) is 9.84. The standard InChI is InChI=1S/C16H16N4O5S2.H2O/c1-8(21)19-17-6-9-7-27-15-12(14(23)20(15)13(9)16(24)25)18-11(22)5-10-3-2-4-26-10;/h2-4,6,12,15H,5,7H2,1H3,(H,18,22)(H,19,21)(H,24,25);1H2/b17-6+;/t12?,15-;/m1./s1. The highest BCUT2D eigenvalue weighted by molar-refractivity contribution is 8.00. The van der Waals surface area contributed by atoms with Crippen molar-refractivity contribution in [1.29, 1.82) is 0 Å². The third kappa shape index (κ3) is 4.40. The molecular weight excluding hydrogens is 408 g/mol. The molecule has 12 heteroatoms. The number of carbonyl (C=O) groups excluding carboxylic acids is 3. The summed E-state index contributed by atoms with van der Waals surface area (Å²) in [7, 11) is 0. The molecule has 2 aliphatic heterocycles. The Balaban J connectivity index is 0.00000280. The summed E-state index contributed by atoms with van der Waals surface area (Å²) in [4.78, 5) is 49.2. The van der Waals surface area contributed by atoms with E-state index in [1.807, 2.05) is 17.5 Å². The lowest BCUT2D eigenvalue weighted by atomic mass is 10.0. The molecule has 1 aromatic rings.